The zero-order chi connectivity index (χ0) is 13.0. The van der Waals surface area contributed by atoms with Crippen molar-refractivity contribution >= 4 is 17.7 Å². The molecule has 0 amide bonds. The molecule has 0 atom stereocenters. The van der Waals surface area contributed by atoms with E-state index in [0.717, 1.165) is 5.82 Å². The van der Waals surface area contributed by atoms with E-state index in [1.807, 2.05) is 7.05 Å². The van der Waals surface area contributed by atoms with Gasteiger partial charge in [0.05, 0.1) is 12.4 Å². The third-order valence-electron chi connectivity index (χ3n) is 1.99. The first-order valence-corrected chi connectivity index (χ1v) is 6.15. The first-order valence-electron chi connectivity index (χ1n) is 5.17. The lowest BCUT2D eigenvalue weighted by Crippen LogP contribution is -2.04. The van der Waals surface area contributed by atoms with Crippen molar-refractivity contribution in [3.8, 4) is 0 Å². The monoisotopic (exact) mass is 269 g/mol. The molecule has 0 N–H and O–H groups in total. The molecule has 2 aromatic rings. The van der Waals surface area contributed by atoms with Crippen LogP contribution >= 0.6 is 11.8 Å². The van der Waals surface area contributed by atoms with Crippen molar-refractivity contribution in [2.45, 2.75) is 17.9 Å². The van der Waals surface area contributed by atoms with Crippen LogP contribution in [0.15, 0.2) is 16.0 Å². The number of nitrogens with zero attached hydrogens (tertiary/aromatic N) is 5. The molecule has 9 heteroatoms. The lowest BCUT2D eigenvalue weighted by Gasteiger charge is -1.96. The number of thioether (sulfide) groups is 1. The molecule has 0 fully saturated rings. The molecule has 0 radical (unpaired) electrons. The summed E-state index contributed by atoms with van der Waals surface area (Å²) in [4.78, 5) is 11.3. The van der Waals surface area contributed by atoms with Crippen molar-refractivity contribution < 1.29 is 13.9 Å². The number of ether oxygens (including phenoxy) is 1. The van der Waals surface area contributed by atoms with Crippen molar-refractivity contribution in [2.24, 2.45) is 7.05 Å². The fraction of sp³-hybridized carbons (Fsp3) is 0.444. The number of esters is 1. The van der Waals surface area contributed by atoms with Gasteiger partial charge in [0, 0.05) is 7.05 Å². The summed E-state index contributed by atoms with van der Waals surface area (Å²) < 4.78 is 11.7. The number of aromatic nitrogens is 5. The van der Waals surface area contributed by atoms with Crippen molar-refractivity contribution in [2.75, 3.05) is 6.61 Å². The van der Waals surface area contributed by atoms with E-state index in [4.69, 9.17) is 9.15 Å². The predicted molar refractivity (Wildman–Crippen MR) is 60.8 cm³/mol. The van der Waals surface area contributed by atoms with Crippen LogP contribution in [0.25, 0.3) is 0 Å². The summed E-state index contributed by atoms with van der Waals surface area (Å²) in [6, 6.07) is 0. The molecular formula is C9H11N5O3S. The molecule has 2 aromatic heterocycles. The molecule has 0 aliphatic rings. The fourth-order valence-electron chi connectivity index (χ4n) is 1.11. The Kier molecular flexibility index (Phi) is 3.92. The van der Waals surface area contributed by atoms with E-state index in [1.165, 1.54) is 11.8 Å². The summed E-state index contributed by atoms with van der Waals surface area (Å²) in [5.41, 5.74) is 0. The number of hydrogen-bond donors (Lipinski definition) is 0. The van der Waals surface area contributed by atoms with E-state index >= 15 is 0 Å². The molecule has 0 unspecified atom stereocenters. The summed E-state index contributed by atoms with van der Waals surface area (Å²) in [5, 5.41) is 15.3. The van der Waals surface area contributed by atoms with Crippen molar-refractivity contribution in [1.29, 1.82) is 0 Å². The van der Waals surface area contributed by atoms with Gasteiger partial charge in [-0.2, -0.15) is 0 Å². The molecular weight excluding hydrogens is 258 g/mol. The molecule has 0 bridgehead atoms. The third-order valence-corrected chi connectivity index (χ3v) is 2.80. The average molecular weight is 269 g/mol. The maximum Gasteiger partial charge on any atom is 0.396 e. The Morgan fingerprint density at radius 3 is 3.00 bits per heavy atom. The highest BCUT2D eigenvalue weighted by molar-refractivity contribution is 7.98. The molecule has 0 aliphatic carbocycles. The van der Waals surface area contributed by atoms with Gasteiger partial charge in [-0.3, -0.25) is 0 Å². The molecule has 0 spiro atoms. The minimum absolute atomic E-state index is 0.141. The van der Waals surface area contributed by atoms with Gasteiger partial charge in [0.1, 0.15) is 12.2 Å². The second-order valence-corrected chi connectivity index (χ2v) is 4.17. The summed E-state index contributed by atoms with van der Waals surface area (Å²) >= 11 is 1.28. The Balaban J connectivity index is 1.95. The average Bonchev–Trinajstić information content (AvgIpc) is 2.96. The number of carbonyl (C=O) groups is 1. The highest BCUT2D eigenvalue weighted by atomic mass is 32.2. The Bertz CT molecular complexity index is 538. The van der Waals surface area contributed by atoms with Crippen molar-refractivity contribution in [3.05, 3.63) is 18.0 Å². The Morgan fingerprint density at radius 1 is 1.50 bits per heavy atom. The van der Waals surface area contributed by atoms with Crippen LogP contribution in [-0.4, -0.2) is 37.5 Å². The molecule has 0 aromatic carbocycles. The number of rotatable bonds is 5. The fourth-order valence-corrected chi connectivity index (χ4v) is 1.86. The quantitative estimate of drug-likeness (QED) is 0.577. The lowest BCUT2D eigenvalue weighted by atomic mass is 10.7. The smallest absolute Gasteiger partial charge is 0.396 e. The second-order valence-electron chi connectivity index (χ2n) is 3.24. The van der Waals surface area contributed by atoms with Crippen LogP contribution in [0.2, 0.25) is 0 Å². The minimum atomic E-state index is -0.615. The first kappa shape index (κ1) is 12.6. The van der Waals surface area contributed by atoms with E-state index < -0.39 is 5.97 Å². The summed E-state index contributed by atoms with van der Waals surface area (Å²) in [6.07, 6.45) is 1.60. The van der Waals surface area contributed by atoms with Gasteiger partial charge >= 0.3 is 11.9 Å². The largest absolute Gasteiger partial charge is 0.459 e. The van der Waals surface area contributed by atoms with Gasteiger partial charge in [-0.25, -0.2) is 4.79 Å². The van der Waals surface area contributed by atoms with Crippen molar-refractivity contribution in [1.82, 2.24) is 25.0 Å². The van der Waals surface area contributed by atoms with Gasteiger partial charge in [0.25, 0.3) is 5.22 Å². The van der Waals surface area contributed by atoms with Crippen LogP contribution in [0.4, 0.5) is 0 Å². The molecule has 2 rings (SSSR count). The van der Waals surface area contributed by atoms with E-state index in [2.05, 4.69) is 20.4 Å². The van der Waals surface area contributed by atoms with Gasteiger partial charge in [-0.15, -0.1) is 15.3 Å². The van der Waals surface area contributed by atoms with Crippen LogP contribution in [0.3, 0.4) is 0 Å². The number of carbonyl (C=O) groups excluding carboxylic acids is 1. The standard InChI is InChI=1S/C9H11N5O3S/c1-3-16-8(15)7-12-13-9(17-7)18-4-6-11-10-5-14(6)2/h5H,3-4H2,1-2H3. The van der Waals surface area contributed by atoms with Crippen LogP contribution in [0.1, 0.15) is 23.4 Å². The zero-order valence-corrected chi connectivity index (χ0v) is 10.7. The van der Waals surface area contributed by atoms with Gasteiger partial charge in [0.2, 0.25) is 0 Å². The second kappa shape index (κ2) is 5.63. The maximum absolute atomic E-state index is 11.3. The molecule has 0 aliphatic heterocycles. The zero-order valence-electron chi connectivity index (χ0n) is 9.86. The van der Waals surface area contributed by atoms with Crippen LogP contribution in [-0.2, 0) is 17.5 Å². The topological polar surface area (TPSA) is 95.9 Å². The minimum Gasteiger partial charge on any atom is -0.459 e. The predicted octanol–water partition coefficient (Wildman–Crippen LogP) is 0.667. The summed E-state index contributed by atoms with van der Waals surface area (Å²) in [7, 11) is 1.84. The third kappa shape index (κ3) is 2.86. The van der Waals surface area contributed by atoms with E-state index in [0.29, 0.717) is 11.0 Å². The van der Waals surface area contributed by atoms with Gasteiger partial charge < -0.3 is 13.7 Å². The molecule has 18 heavy (non-hydrogen) atoms. The SMILES string of the molecule is CCOC(=O)c1nnc(SCc2nncn2C)o1. The molecule has 0 saturated heterocycles. The van der Waals surface area contributed by atoms with Gasteiger partial charge in [-0.1, -0.05) is 16.9 Å². The normalized spacial score (nSPS) is 10.6. The molecule has 0 saturated carbocycles. The van der Waals surface area contributed by atoms with Gasteiger partial charge in [0.15, 0.2) is 0 Å². The van der Waals surface area contributed by atoms with E-state index in [1.54, 1.807) is 17.8 Å². The number of hydrogen-bond acceptors (Lipinski definition) is 8. The van der Waals surface area contributed by atoms with E-state index in [-0.39, 0.29) is 12.5 Å². The molecule has 2 heterocycles. The maximum atomic E-state index is 11.3. The van der Waals surface area contributed by atoms with Crippen LogP contribution < -0.4 is 0 Å². The Labute approximate surface area is 107 Å². The highest BCUT2D eigenvalue weighted by Gasteiger charge is 2.16. The van der Waals surface area contributed by atoms with Crippen LogP contribution in [0, 0.1) is 0 Å². The first-order chi connectivity index (χ1) is 8.70. The Morgan fingerprint density at radius 2 is 2.33 bits per heavy atom. The molecule has 96 valence electrons. The summed E-state index contributed by atoms with van der Waals surface area (Å²) in [6.45, 7) is 1.97. The van der Waals surface area contributed by atoms with Crippen LogP contribution in [0.5, 0.6) is 0 Å². The Hall–Kier alpha value is -1.90. The summed E-state index contributed by atoms with van der Waals surface area (Å²) in [5.74, 6) is 0.546. The molecule has 8 nitrogen and oxygen atoms in total. The van der Waals surface area contributed by atoms with Crippen molar-refractivity contribution in [3.63, 3.8) is 0 Å². The highest BCUT2D eigenvalue weighted by Crippen LogP contribution is 2.20. The lowest BCUT2D eigenvalue weighted by molar-refractivity contribution is 0.0475. The van der Waals surface area contributed by atoms with Gasteiger partial charge in [-0.05, 0) is 6.92 Å². The van der Waals surface area contributed by atoms with E-state index in [9.17, 15) is 4.79 Å². The number of aryl methyl sites for hydroxylation is 1.